The molecular formula is C38H24. The Balaban J connectivity index is 1.43. The van der Waals surface area contributed by atoms with E-state index >= 15 is 0 Å². The van der Waals surface area contributed by atoms with Gasteiger partial charge in [-0.05, 0) is 77.5 Å². The number of rotatable bonds is 0. The van der Waals surface area contributed by atoms with Crippen molar-refractivity contribution in [1.82, 2.24) is 0 Å². The third-order valence-corrected chi connectivity index (χ3v) is 10.0. The summed E-state index contributed by atoms with van der Waals surface area (Å²) < 4.78 is 0. The minimum atomic E-state index is 0.277. The van der Waals surface area contributed by atoms with Crippen LogP contribution in [0.2, 0.25) is 0 Å². The van der Waals surface area contributed by atoms with Crippen LogP contribution in [0.4, 0.5) is 0 Å². The first-order valence-corrected chi connectivity index (χ1v) is 13.9. The first kappa shape index (κ1) is 19.7. The molecule has 0 heteroatoms. The van der Waals surface area contributed by atoms with Gasteiger partial charge in [0.1, 0.15) is 0 Å². The highest BCUT2D eigenvalue weighted by Gasteiger charge is 2.50. The summed E-state index contributed by atoms with van der Waals surface area (Å²) in [6.45, 7) is 0. The Hall–Kier alpha value is -4.42. The van der Waals surface area contributed by atoms with Crippen LogP contribution in [-0.2, 0) is 0 Å². The zero-order valence-corrected chi connectivity index (χ0v) is 20.9. The Morgan fingerprint density at radius 3 is 0.711 bits per heavy atom. The van der Waals surface area contributed by atoms with Crippen LogP contribution < -0.4 is 0 Å². The minimum Gasteiger partial charge on any atom is -0.0619 e. The normalized spacial score (nSPS) is 22.2. The second kappa shape index (κ2) is 6.71. The molecule has 0 N–H and O–H groups in total. The summed E-state index contributed by atoms with van der Waals surface area (Å²) in [6, 6.07) is 46.3. The first-order valence-electron chi connectivity index (χ1n) is 13.9. The second-order valence-electron chi connectivity index (χ2n) is 11.4. The van der Waals surface area contributed by atoms with Crippen LogP contribution >= 0.6 is 0 Å². The van der Waals surface area contributed by atoms with Crippen molar-refractivity contribution < 1.29 is 0 Å². The van der Waals surface area contributed by atoms with Crippen LogP contribution in [0.3, 0.4) is 0 Å². The third kappa shape index (κ3) is 2.10. The largest absolute Gasteiger partial charge is 0.0619 e. The summed E-state index contributed by atoms with van der Waals surface area (Å²) in [5.41, 5.74) is 18.3. The van der Waals surface area contributed by atoms with Gasteiger partial charge in [-0.15, -0.1) is 0 Å². The molecule has 0 saturated heterocycles. The zero-order valence-electron chi connectivity index (χ0n) is 20.9. The number of fused-ring (bicyclic) bond motifs is 1. The Morgan fingerprint density at radius 1 is 0.237 bits per heavy atom. The van der Waals surface area contributed by atoms with Gasteiger partial charge < -0.3 is 0 Å². The van der Waals surface area contributed by atoms with Crippen LogP contribution in [0, 0.1) is 0 Å². The minimum absolute atomic E-state index is 0.277. The molecule has 38 heavy (non-hydrogen) atoms. The lowest BCUT2D eigenvalue weighted by Crippen LogP contribution is -2.34. The molecule has 0 fully saturated rings. The van der Waals surface area contributed by atoms with Crippen molar-refractivity contribution in [1.29, 1.82) is 0 Å². The van der Waals surface area contributed by atoms with Crippen LogP contribution in [0.25, 0.3) is 10.8 Å². The predicted molar refractivity (Wildman–Crippen MR) is 153 cm³/mol. The topological polar surface area (TPSA) is 0 Å². The van der Waals surface area contributed by atoms with Crippen LogP contribution in [0.15, 0.2) is 121 Å². The van der Waals surface area contributed by atoms with E-state index in [0.29, 0.717) is 0 Å². The summed E-state index contributed by atoms with van der Waals surface area (Å²) in [5, 5.41) is 2.89. The average Bonchev–Trinajstić information content (AvgIpc) is 3.00. The number of hydrogen-bond donors (Lipinski definition) is 0. The SMILES string of the molecule is c1ccc2c(c1)C1c3ccccc3C2c2c1c1c(c3ccccc23)C2c3ccccc3C1c1ccccc12. The summed E-state index contributed by atoms with van der Waals surface area (Å²) in [4.78, 5) is 0. The number of hydrogen-bond acceptors (Lipinski definition) is 0. The van der Waals surface area contributed by atoms with E-state index < -0.39 is 0 Å². The van der Waals surface area contributed by atoms with Crippen molar-refractivity contribution in [2.24, 2.45) is 0 Å². The highest BCUT2D eigenvalue weighted by Crippen LogP contribution is 2.65. The van der Waals surface area contributed by atoms with E-state index in [9.17, 15) is 0 Å². The third-order valence-electron chi connectivity index (χ3n) is 10.0. The van der Waals surface area contributed by atoms with Gasteiger partial charge in [-0.2, -0.15) is 0 Å². The van der Waals surface area contributed by atoms with E-state index in [0.717, 1.165) is 0 Å². The summed E-state index contributed by atoms with van der Waals surface area (Å²) in [7, 11) is 0. The number of benzene rings is 6. The molecule has 0 unspecified atom stereocenters. The lowest BCUT2D eigenvalue weighted by molar-refractivity contribution is 0.702. The van der Waals surface area contributed by atoms with Crippen molar-refractivity contribution in [2.75, 3.05) is 0 Å². The van der Waals surface area contributed by atoms with Gasteiger partial charge in [0.2, 0.25) is 0 Å². The molecule has 4 bridgehead atoms. The van der Waals surface area contributed by atoms with Gasteiger partial charge in [-0.25, -0.2) is 0 Å². The van der Waals surface area contributed by atoms with Gasteiger partial charge in [0.15, 0.2) is 0 Å². The smallest absolute Gasteiger partial charge is 0.0355 e. The van der Waals surface area contributed by atoms with Gasteiger partial charge >= 0.3 is 0 Å². The zero-order chi connectivity index (χ0) is 24.5. The summed E-state index contributed by atoms with van der Waals surface area (Å²) in [5.74, 6) is 1.12. The lowest BCUT2D eigenvalue weighted by Gasteiger charge is -2.49. The highest BCUT2D eigenvalue weighted by molar-refractivity contribution is 5.98. The summed E-state index contributed by atoms with van der Waals surface area (Å²) >= 11 is 0. The fourth-order valence-electron chi connectivity index (χ4n) is 8.84. The fourth-order valence-corrected chi connectivity index (χ4v) is 8.84. The van der Waals surface area contributed by atoms with Gasteiger partial charge in [0, 0.05) is 23.7 Å². The molecule has 176 valence electrons. The monoisotopic (exact) mass is 480 g/mol. The molecule has 0 saturated carbocycles. The van der Waals surface area contributed by atoms with Gasteiger partial charge in [0.05, 0.1) is 0 Å². The fraction of sp³-hybridized carbons (Fsp3) is 0.105. The molecule has 6 aromatic carbocycles. The van der Waals surface area contributed by atoms with Crippen LogP contribution in [-0.4, -0.2) is 0 Å². The summed E-state index contributed by atoms with van der Waals surface area (Å²) in [6.07, 6.45) is 0. The molecule has 0 spiro atoms. The molecule has 0 radical (unpaired) electrons. The Kier molecular flexibility index (Phi) is 3.47. The van der Waals surface area contributed by atoms with E-state index in [1.807, 2.05) is 0 Å². The van der Waals surface area contributed by atoms with Crippen LogP contribution in [0.5, 0.6) is 0 Å². The molecule has 6 aromatic rings. The van der Waals surface area contributed by atoms with E-state index in [-0.39, 0.29) is 23.7 Å². The van der Waals surface area contributed by atoms with Gasteiger partial charge in [-0.3, -0.25) is 0 Å². The maximum atomic E-state index is 2.40. The van der Waals surface area contributed by atoms with Crippen molar-refractivity contribution >= 4 is 10.8 Å². The molecule has 0 aliphatic heterocycles. The van der Waals surface area contributed by atoms with Crippen LogP contribution in [0.1, 0.15) is 90.4 Å². The molecule has 0 aromatic heterocycles. The van der Waals surface area contributed by atoms with E-state index in [1.54, 1.807) is 22.3 Å². The standard InChI is InChI=1S/C38H24/c1-5-15-25-21(11-1)31-22-12-2-6-16-26(22)33(25)37-35(31)29-19-9-10-20-30(29)36-32-23-13-3-7-17-27(23)34(38(36)37)28-18-8-4-14-24(28)32/h1-20,31-34H. The molecule has 0 nitrogen and oxygen atoms in total. The Bertz CT molecular complexity index is 1770. The maximum absolute atomic E-state index is 2.40. The molecule has 12 rings (SSSR count). The van der Waals surface area contributed by atoms with Crippen molar-refractivity contribution in [2.45, 2.75) is 23.7 Å². The van der Waals surface area contributed by atoms with E-state index in [1.165, 1.54) is 55.3 Å². The molecule has 0 amide bonds. The Labute approximate surface area is 222 Å². The molecule has 0 atom stereocenters. The predicted octanol–water partition coefficient (Wildman–Crippen LogP) is 8.81. The van der Waals surface area contributed by atoms with Gasteiger partial charge in [0.25, 0.3) is 0 Å². The molecule has 6 aliphatic rings. The quantitative estimate of drug-likeness (QED) is 0.203. The van der Waals surface area contributed by atoms with E-state index in [4.69, 9.17) is 0 Å². The highest BCUT2D eigenvalue weighted by atomic mass is 14.5. The second-order valence-corrected chi connectivity index (χ2v) is 11.4. The maximum Gasteiger partial charge on any atom is 0.0355 e. The molecule has 6 aliphatic carbocycles. The van der Waals surface area contributed by atoms with Crippen molar-refractivity contribution in [3.05, 3.63) is 188 Å². The van der Waals surface area contributed by atoms with Crippen molar-refractivity contribution in [3.8, 4) is 0 Å². The molecule has 0 heterocycles. The molecular weight excluding hydrogens is 456 g/mol. The van der Waals surface area contributed by atoms with E-state index in [2.05, 4.69) is 121 Å². The van der Waals surface area contributed by atoms with Crippen molar-refractivity contribution in [3.63, 3.8) is 0 Å². The Morgan fingerprint density at radius 2 is 0.447 bits per heavy atom. The van der Waals surface area contributed by atoms with Gasteiger partial charge in [-0.1, -0.05) is 121 Å². The average molecular weight is 481 g/mol. The first-order chi connectivity index (χ1) is 18.9. The lowest BCUT2D eigenvalue weighted by atomic mass is 9.53.